The second-order valence-electron chi connectivity index (χ2n) is 7.87. The van der Waals surface area contributed by atoms with Gasteiger partial charge in [0.15, 0.2) is 5.96 Å². The van der Waals surface area contributed by atoms with Crippen molar-refractivity contribution in [2.24, 2.45) is 10.9 Å². The van der Waals surface area contributed by atoms with E-state index in [1.54, 1.807) is 0 Å². The molecule has 7 nitrogen and oxygen atoms in total. The lowest BCUT2D eigenvalue weighted by Gasteiger charge is -2.22. The van der Waals surface area contributed by atoms with Gasteiger partial charge in [-0.15, -0.1) is 0 Å². The normalized spacial score (nSPS) is 14.2. The van der Waals surface area contributed by atoms with E-state index in [9.17, 15) is 4.79 Å². The summed E-state index contributed by atoms with van der Waals surface area (Å²) in [6, 6.07) is 7.67. The van der Waals surface area contributed by atoms with Crippen molar-refractivity contribution in [1.29, 1.82) is 0 Å². The minimum Gasteiger partial charge on any atom is -0.379 e. The Balaban J connectivity index is 1.87. The summed E-state index contributed by atoms with van der Waals surface area (Å²) in [6.45, 7) is 7.23. The Morgan fingerprint density at radius 2 is 2.00 bits per heavy atom. The number of nitrogens with one attached hydrogen (secondary N) is 2. The van der Waals surface area contributed by atoms with Crippen molar-refractivity contribution in [3.63, 3.8) is 0 Å². The van der Waals surface area contributed by atoms with E-state index in [1.807, 2.05) is 50.3 Å². The largest absolute Gasteiger partial charge is 0.379 e. The van der Waals surface area contributed by atoms with Crippen LogP contribution in [0.25, 0.3) is 0 Å². The highest BCUT2D eigenvalue weighted by molar-refractivity contribution is 5.94. The summed E-state index contributed by atoms with van der Waals surface area (Å²) in [5, 5.41) is 6.28. The molecule has 0 aliphatic heterocycles. The van der Waals surface area contributed by atoms with Gasteiger partial charge in [0.2, 0.25) is 0 Å². The molecular weight excluding hydrogens is 366 g/mol. The number of benzene rings is 1. The van der Waals surface area contributed by atoms with Crippen molar-refractivity contribution >= 4 is 11.9 Å². The topological polar surface area (TPSA) is 69.2 Å². The summed E-state index contributed by atoms with van der Waals surface area (Å²) in [4.78, 5) is 21.2. The highest BCUT2D eigenvalue weighted by Crippen LogP contribution is 2.28. The number of hydrogen-bond donors (Lipinski definition) is 2. The molecule has 1 aliphatic carbocycles. The third kappa shape index (κ3) is 9.28. The molecule has 0 radical (unpaired) electrons. The van der Waals surface area contributed by atoms with E-state index in [-0.39, 0.29) is 5.91 Å². The van der Waals surface area contributed by atoms with E-state index >= 15 is 0 Å². The molecule has 0 saturated heterocycles. The highest BCUT2D eigenvalue weighted by Gasteiger charge is 2.21. The van der Waals surface area contributed by atoms with Crippen molar-refractivity contribution < 1.29 is 9.53 Å². The molecule has 7 heteroatoms. The lowest BCUT2D eigenvalue weighted by molar-refractivity contribution is 0.0951. The molecule has 162 valence electrons. The summed E-state index contributed by atoms with van der Waals surface area (Å²) in [6.07, 6.45) is 2.62. The maximum absolute atomic E-state index is 12.3. The van der Waals surface area contributed by atoms with Gasteiger partial charge in [-0.3, -0.25) is 4.79 Å². The standard InChI is InChI=1S/C22H37N5O2/c1-5-23-22(27(4)13-14-29-17-18-9-10-18)25-16-19-7-6-8-20(15-19)21(28)24-11-12-26(2)3/h6-8,15,18H,5,9-14,16-17H2,1-4H3,(H,23,25)(H,24,28). The van der Waals surface area contributed by atoms with Crippen LogP contribution < -0.4 is 10.6 Å². The van der Waals surface area contributed by atoms with Crippen LogP contribution in [0.3, 0.4) is 0 Å². The summed E-state index contributed by atoms with van der Waals surface area (Å²) >= 11 is 0. The summed E-state index contributed by atoms with van der Waals surface area (Å²) in [5.74, 6) is 1.59. The van der Waals surface area contributed by atoms with E-state index < -0.39 is 0 Å². The molecule has 1 aromatic carbocycles. The van der Waals surface area contributed by atoms with Crippen molar-refractivity contribution in [3.8, 4) is 0 Å². The molecule has 0 spiro atoms. The van der Waals surface area contributed by atoms with Gasteiger partial charge < -0.3 is 25.2 Å². The Morgan fingerprint density at radius 1 is 1.21 bits per heavy atom. The molecule has 0 bridgehead atoms. The quantitative estimate of drug-likeness (QED) is 0.316. The van der Waals surface area contributed by atoms with Crippen LogP contribution in [0.5, 0.6) is 0 Å². The first-order valence-electron chi connectivity index (χ1n) is 10.6. The van der Waals surface area contributed by atoms with E-state index in [4.69, 9.17) is 9.73 Å². The van der Waals surface area contributed by atoms with Crippen LogP contribution in [0.1, 0.15) is 35.7 Å². The van der Waals surface area contributed by atoms with Gasteiger partial charge >= 0.3 is 0 Å². The van der Waals surface area contributed by atoms with Crippen LogP contribution >= 0.6 is 0 Å². The molecule has 1 aromatic rings. The maximum atomic E-state index is 12.3. The van der Waals surface area contributed by atoms with Gasteiger partial charge in [-0.25, -0.2) is 4.99 Å². The number of carbonyl (C=O) groups is 1. The second kappa shape index (κ2) is 12.4. The Labute approximate surface area is 175 Å². The monoisotopic (exact) mass is 403 g/mol. The number of nitrogens with zero attached hydrogens (tertiary/aromatic N) is 3. The highest BCUT2D eigenvalue weighted by atomic mass is 16.5. The molecule has 1 saturated carbocycles. The van der Waals surface area contributed by atoms with E-state index in [0.29, 0.717) is 25.3 Å². The zero-order valence-electron chi connectivity index (χ0n) is 18.4. The Bertz CT molecular complexity index is 658. The second-order valence-corrected chi connectivity index (χ2v) is 7.87. The molecule has 0 aromatic heterocycles. The average Bonchev–Trinajstić information content (AvgIpc) is 3.52. The number of hydrogen-bond acceptors (Lipinski definition) is 4. The minimum atomic E-state index is -0.0467. The van der Waals surface area contributed by atoms with E-state index in [0.717, 1.165) is 43.7 Å². The fourth-order valence-electron chi connectivity index (χ4n) is 2.78. The Morgan fingerprint density at radius 3 is 2.69 bits per heavy atom. The van der Waals surface area contributed by atoms with Crippen LogP contribution in [0, 0.1) is 5.92 Å². The molecular formula is C22H37N5O2. The van der Waals surface area contributed by atoms with Gasteiger partial charge in [-0.1, -0.05) is 12.1 Å². The van der Waals surface area contributed by atoms with Crippen molar-refractivity contribution in [3.05, 3.63) is 35.4 Å². The lowest BCUT2D eigenvalue weighted by Crippen LogP contribution is -2.40. The van der Waals surface area contributed by atoms with Crippen molar-refractivity contribution in [1.82, 2.24) is 20.4 Å². The number of ether oxygens (including phenoxy) is 1. The first-order valence-corrected chi connectivity index (χ1v) is 10.6. The molecule has 0 heterocycles. The molecule has 1 aliphatic rings. The van der Waals surface area contributed by atoms with E-state index in [2.05, 4.69) is 22.5 Å². The third-order valence-corrected chi connectivity index (χ3v) is 4.76. The third-order valence-electron chi connectivity index (χ3n) is 4.76. The Kier molecular flexibility index (Phi) is 9.94. The lowest BCUT2D eigenvalue weighted by atomic mass is 10.1. The predicted octanol–water partition coefficient (Wildman–Crippen LogP) is 1.80. The molecule has 1 fully saturated rings. The smallest absolute Gasteiger partial charge is 0.251 e. The minimum absolute atomic E-state index is 0.0467. The number of likely N-dealkylation sites (N-methyl/N-ethyl adjacent to an activating group) is 2. The molecule has 0 unspecified atom stereocenters. The van der Waals surface area contributed by atoms with Crippen LogP contribution in [0.2, 0.25) is 0 Å². The van der Waals surface area contributed by atoms with Gasteiger partial charge in [0.25, 0.3) is 5.91 Å². The molecule has 2 N–H and O–H groups in total. The zero-order valence-corrected chi connectivity index (χ0v) is 18.4. The number of aliphatic imine (C=N–C) groups is 1. The first kappa shape index (κ1) is 23.2. The number of amides is 1. The molecule has 1 amide bonds. The van der Waals surface area contributed by atoms with Gasteiger partial charge in [-0.2, -0.15) is 0 Å². The van der Waals surface area contributed by atoms with Crippen LogP contribution in [-0.2, 0) is 11.3 Å². The van der Waals surface area contributed by atoms with Crippen molar-refractivity contribution in [2.75, 3.05) is 60.5 Å². The van der Waals surface area contributed by atoms with Crippen LogP contribution in [-0.4, -0.2) is 82.2 Å². The predicted molar refractivity (Wildman–Crippen MR) is 118 cm³/mol. The van der Waals surface area contributed by atoms with Crippen LogP contribution in [0.15, 0.2) is 29.3 Å². The van der Waals surface area contributed by atoms with Gasteiger partial charge in [0.05, 0.1) is 13.2 Å². The average molecular weight is 404 g/mol. The first-order chi connectivity index (χ1) is 14.0. The molecule has 29 heavy (non-hydrogen) atoms. The van der Waals surface area contributed by atoms with E-state index in [1.165, 1.54) is 12.8 Å². The fourth-order valence-corrected chi connectivity index (χ4v) is 2.78. The fraction of sp³-hybridized carbons (Fsp3) is 0.636. The van der Waals surface area contributed by atoms with Crippen molar-refractivity contribution in [2.45, 2.75) is 26.3 Å². The Hall–Kier alpha value is -2.12. The number of guanidine groups is 1. The zero-order chi connectivity index (χ0) is 21.1. The summed E-state index contributed by atoms with van der Waals surface area (Å²) in [7, 11) is 6.00. The maximum Gasteiger partial charge on any atom is 0.251 e. The van der Waals surface area contributed by atoms with Gasteiger partial charge in [0.1, 0.15) is 0 Å². The van der Waals surface area contributed by atoms with Gasteiger partial charge in [0, 0.05) is 45.4 Å². The number of rotatable bonds is 12. The summed E-state index contributed by atoms with van der Waals surface area (Å²) in [5.41, 5.74) is 1.68. The summed E-state index contributed by atoms with van der Waals surface area (Å²) < 4.78 is 5.74. The molecule has 2 rings (SSSR count). The van der Waals surface area contributed by atoms with Gasteiger partial charge in [-0.05, 0) is 57.5 Å². The molecule has 0 atom stereocenters. The van der Waals surface area contributed by atoms with Crippen LogP contribution in [0.4, 0.5) is 0 Å². The SMILES string of the molecule is CCNC(=NCc1cccc(C(=O)NCCN(C)C)c1)N(C)CCOCC1CC1. The number of carbonyl (C=O) groups excluding carboxylic acids is 1.